The van der Waals surface area contributed by atoms with Crippen molar-refractivity contribution in [2.75, 3.05) is 13.2 Å². The second-order valence-electron chi connectivity index (χ2n) is 8.15. The van der Waals surface area contributed by atoms with Gasteiger partial charge in [-0.15, -0.1) is 0 Å². The molecule has 0 saturated carbocycles. The van der Waals surface area contributed by atoms with E-state index in [9.17, 15) is 14.0 Å². The summed E-state index contributed by atoms with van der Waals surface area (Å²) in [6.45, 7) is 1.25. The molecular formula is C24H22ClFN4O3. The van der Waals surface area contributed by atoms with Gasteiger partial charge in [0.15, 0.2) is 0 Å². The molecule has 1 aliphatic heterocycles. The van der Waals surface area contributed by atoms with E-state index in [1.807, 2.05) is 18.2 Å². The van der Waals surface area contributed by atoms with E-state index in [-0.39, 0.29) is 36.2 Å². The molecule has 2 aromatic carbocycles. The highest BCUT2D eigenvalue weighted by Crippen LogP contribution is 2.26. The van der Waals surface area contributed by atoms with E-state index in [0.717, 1.165) is 18.4 Å². The number of hydrogen-bond donors (Lipinski definition) is 1. The summed E-state index contributed by atoms with van der Waals surface area (Å²) in [5, 5.41) is 3.91. The molecule has 2 aromatic heterocycles. The van der Waals surface area contributed by atoms with E-state index in [0.29, 0.717) is 34.6 Å². The Hall–Kier alpha value is -3.23. The van der Waals surface area contributed by atoms with Crippen molar-refractivity contribution >= 4 is 39.4 Å². The Morgan fingerprint density at radius 2 is 2.12 bits per heavy atom. The second kappa shape index (κ2) is 8.96. The highest BCUT2D eigenvalue weighted by Gasteiger charge is 2.21. The number of hydrogen-bond acceptors (Lipinski definition) is 4. The molecule has 1 fully saturated rings. The van der Waals surface area contributed by atoms with Crippen LogP contribution < -0.4 is 10.9 Å². The quantitative estimate of drug-likeness (QED) is 0.470. The highest BCUT2D eigenvalue weighted by molar-refractivity contribution is 6.31. The number of nitrogens with one attached hydrogen (secondary N) is 1. The molecule has 1 atom stereocenters. The van der Waals surface area contributed by atoms with Gasteiger partial charge < -0.3 is 14.6 Å². The lowest BCUT2D eigenvalue weighted by Crippen LogP contribution is -2.34. The minimum atomic E-state index is -0.438. The van der Waals surface area contributed by atoms with Crippen LogP contribution in [0.4, 0.5) is 4.39 Å². The molecule has 0 aliphatic carbocycles. The molecule has 0 radical (unpaired) electrons. The number of fused-ring (bicyclic) bond motifs is 3. The van der Waals surface area contributed by atoms with Crippen LogP contribution in [-0.2, 0) is 22.6 Å². The SMILES string of the molecule is O=C(Cn1c2ccc(F)cc2c2ncn(Cc3ccccc3Cl)c(=O)c21)NCC1CCCO1. The number of halogens is 2. The maximum Gasteiger partial charge on any atom is 0.278 e. The Bertz CT molecular complexity index is 1410. The van der Waals surface area contributed by atoms with Crippen molar-refractivity contribution < 1.29 is 13.9 Å². The Kier molecular flexibility index (Phi) is 5.86. The van der Waals surface area contributed by atoms with Gasteiger partial charge in [0.1, 0.15) is 23.4 Å². The predicted molar refractivity (Wildman–Crippen MR) is 124 cm³/mol. The first kappa shape index (κ1) is 21.6. The third-order valence-corrected chi connectivity index (χ3v) is 6.31. The first-order valence-electron chi connectivity index (χ1n) is 10.8. The Labute approximate surface area is 193 Å². The van der Waals surface area contributed by atoms with Crippen molar-refractivity contribution in [3.05, 3.63) is 75.5 Å². The summed E-state index contributed by atoms with van der Waals surface area (Å²) < 4.78 is 22.6. The van der Waals surface area contributed by atoms with Crippen LogP contribution in [0.3, 0.4) is 0 Å². The largest absolute Gasteiger partial charge is 0.376 e. The average Bonchev–Trinajstić information content (AvgIpc) is 3.42. The number of carbonyl (C=O) groups is 1. The lowest BCUT2D eigenvalue weighted by Gasteiger charge is -2.12. The van der Waals surface area contributed by atoms with E-state index >= 15 is 0 Å². The van der Waals surface area contributed by atoms with Crippen LogP contribution in [-0.4, -0.2) is 39.3 Å². The van der Waals surface area contributed by atoms with Crippen molar-refractivity contribution in [1.82, 2.24) is 19.4 Å². The van der Waals surface area contributed by atoms with E-state index in [4.69, 9.17) is 16.3 Å². The number of carbonyl (C=O) groups excluding carboxylic acids is 1. The van der Waals surface area contributed by atoms with Gasteiger partial charge in [0.05, 0.1) is 24.5 Å². The average molecular weight is 469 g/mol. The predicted octanol–water partition coefficient (Wildman–Crippen LogP) is 3.49. The summed E-state index contributed by atoms with van der Waals surface area (Å²) in [4.78, 5) is 30.7. The van der Waals surface area contributed by atoms with Crippen LogP contribution in [0.5, 0.6) is 0 Å². The molecule has 4 aromatic rings. The first-order valence-corrected chi connectivity index (χ1v) is 11.2. The molecule has 170 valence electrons. The summed E-state index contributed by atoms with van der Waals surface area (Å²) in [5.41, 5.74) is 1.61. The van der Waals surface area contributed by atoms with Gasteiger partial charge in [0.2, 0.25) is 5.91 Å². The van der Waals surface area contributed by atoms with Crippen molar-refractivity contribution in [2.45, 2.75) is 32.0 Å². The molecule has 0 spiro atoms. The van der Waals surface area contributed by atoms with Crippen molar-refractivity contribution in [1.29, 1.82) is 0 Å². The van der Waals surface area contributed by atoms with Crippen LogP contribution >= 0.6 is 11.6 Å². The van der Waals surface area contributed by atoms with E-state index < -0.39 is 5.82 Å². The second-order valence-corrected chi connectivity index (χ2v) is 8.56. The zero-order chi connectivity index (χ0) is 22.9. The summed E-state index contributed by atoms with van der Waals surface area (Å²) >= 11 is 6.27. The summed E-state index contributed by atoms with van der Waals surface area (Å²) in [6, 6.07) is 11.5. The normalized spacial score (nSPS) is 16.0. The Balaban J connectivity index is 1.55. The zero-order valence-electron chi connectivity index (χ0n) is 17.8. The van der Waals surface area contributed by atoms with E-state index in [2.05, 4.69) is 10.3 Å². The third-order valence-electron chi connectivity index (χ3n) is 5.94. The Morgan fingerprint density at radius 3 is 2.91 bits per heavy atom. The lowest BCUT2D eigenvalue weighted by atomic mass is 10.2. The van der Waals surface area contributed by atoms with Gasteiger partial charge >= 0.3 is 0 Å². The van der Waals surface area contributed by atoms with Crippen molar-refractivity contribution in [3.8, 4) is 0 Å². The monoisotopic (exact) mass is 468 g/mol. The van der Waals surface area contributed by atoms with E-state index in [1.54, 1.807) is 16.7 Å². The van der Waals surface area contributed by atoms with Crippen molar-refractivity contribution in [2.24, 2.45) is 0 Å². The molecule has 1 N–H and O–H groups in total. The fraction of sp³-hybridized carbons (Fsp3) is 0.292. The maximum atomic E-state index is 14.0. The number of rotatable bonds is 6. The molecular weight excluding hydrogens is 447 g/mol. The minimum absolute atomic E-state index is 0.00992. The zero-order valence-corrected chi connectivity index (χ0v) is 18.5. The molecule has 1 aliphatic rings. The van der Waals surface area contributed by atoms with Gasteiger partial charge in [0.25, 0.3) is 5.56 Å². The molecule has 0 bridgehead atoms. The molecule has 3 heterocycles. The first-order chi connectivity index (χ1) is 16.0. The smallest absolute Gasteiger partial charge is 0.278 e. The standard InChI is InChI=1S/C24H22ClFN4O3/c25-19-6-2-1-4-15(19)12-29-14-28-22-18-10-16(26)7-8-20(18)30(23(22)24(29)32)13-21(31)27-11-17-5-3-9-33-17/h1-2,4,6-8,10,14,17H,3,5,9,11-13H2,(H,27,31). The molecule has 1 amide bonds. The fourth-order valence-corrected chi connectivity index (χ4v) is 4.49. The van der Waals surface area contributed by atoms with Gasteiger partial charge in [0, 0.05) is 23.6 Å². The van der Waals surface area contributed by atoms with Crippen LogP contribution in [0.25, 0.3) is 21.9 Å². The molecule has 5 rings (SSSR count). The van der Waals surface area contributed by atoms with Gasteiger partial charge in [-0.25, -0.2) is 9.37 Å². The van der Waals surface area contributed by atoms with Crippen molar-refractivity contribution in [3.63, 3.8) is 0 Å². The van der Waals surface area contributed by atoms with Crippen LogP contribution in [0, 0.1) is 5.82 Å². The molecule has 1 saturated heterocycles. The van der Waals surface area contributed by atoms with E-state index in [1.165, 1.54) is 23.0 Å². The summed E-state index contributed by atoms with van der Waals surface area (Å²) in [6.07, 6.45) is 3.33. The van der Waals surface area contributed by atoms with Gasteiger partial charge in [-0.1, -0.05) is 29.8 Å². The van der Waals surface area contributed by atoms with Crippen LogP contribution in [0.2, 0.25) is 5.02 Å². The molecule has 7 nitrogen and oxygen atoms in total. The summed E-state index contributed by atoms with van der Waals surface area (Å²) in [5.74, 6) is -0.694. The third kappa shape index (κ3) is 4.24. The molecule has 9 heteroatoms. The topological polar surface area (TPSA) is 78.2 Å². The van der Waals surface area contributed by atoms with Crippen LogP contribution in [0.1, 0.15) is 18.4 Å². The molecule has 33 heavy (non-hydrogen) atoms. The summed E-state index contributed by atoms with van der Waals surface area (Å²) in [7, 11) is 0. The molecule has 1 unspecified atom stereocenters. The van der Waals surface area contributed by atoms with Crippen LogP contribution in [0.15, 0.2) is 53.6 Å². The minimum Gasteiger partial charge on any atom is -0.376 e. The number of benzene rings is 2. The highest BCUT2D eigenvalue weighted by atomic mass is 35.5. The number of aromatic nitrogens is 3. The van der Waals surface area contributed by atoms with Gasteiger partial charge in [-0.3, -0.25) is 14.2 Å². The maximum absolute atomic E-state index is 14.0. The Morgan fingerprint density at radius 1 is 1.27 bits per heavy atom. The number of ether oxygens (including phenoxy) is 1. The number of nitrogens with zero attached hydrogens (tertiary/aromatic N) is 3. The fourth-order valence-electron chi connectivity index (χ4n) is 4.29. The van der Waals surface area contributed by atoms with Gasteiger partial charge in [-0.05, 0) is 42.7 Å². The van der Waals surface area contributed by atoms with Gasteiger partial charge in [-0.2, -0.15) is 0 Å². The number of amides is 1. The lowest BCUT2D eigenvalue weighted by molar-refractivity contribution is -0.122.